The Morgan fingerprint density at radius 3 is 2.57 bits per heavy atom. The Bertz CT molecular complexity index is 744. The lowest BCUT2D eigenvalue weighted by molar-refractivity contribution is 0.109. The lowest BCUT2D eigenvalue weighted by Crippen LogP contribution is -2.10. The van der Waals surface area contributed by atoms with E-state index in [2.05, 4.69) is 0 Å². The summed E-state index contributed by atoms with van der Waals surface area (Å²) in [7, 11) is 0. The van der Waals surface area contributed by atoms with E-state index in [4.69, 9.17) is 4.74 Å². The van der Waals surface area contributed by atoms with E-state index in [1.807, 2.05) is 73.7 Å². The van der Waals surface area contributed by atoms with Crippen molar-refractivity contribution in [1.82, 2.24) is 0 Å². The molecule has 1 N–H and O–H groups in total. The van der Waals surface area contributed by atoms with Gasteiger partial charge in [-0.3, -0.25) is 0 Å². The van der Waals surface area contributed by atoms with E-state index in [9.17, 15) is 5.11 Å². The zero-order valence-electron chi connectivity index (χ0n) is 12.0. The molecule has 0 bridgehead atoms. The van der Waals surface area contributed by atoms with E-state index >= 15 is 0 Å². The molecule has 0 heterocycles. The van der Waals surface area contributed by atoms with Gasteiger partial charge in [0.15, 0.2) is 0 Å². The van der Waals surface area contributed by atoms with Crippen LogP contribution < -0.4 is 4.74 Å². The Morgan fingerprint density at radius 1 is 0.952 bits per heavy atom. The summed E-state index contributed by atoms with van der Waals surface area (Å²) in [4.78, 5) is 0. The predicted octanol–water partition coefficient (Wildman–Crippen LogP) is 4.26. The molecule has 0 aliphatic carbocycles. The summed E-state index contributed by atoms with van der Waals surface area (Å²) in [6.07, 6.45) is -0.642. The minimum Gasteiger partial charge on any atom is -0.491 e. The predicted molar refractivity (Wildman–Crippen MR) is 85.6 cm³/mol. The number of hydrogen-bond acceptors (Lipinski definition) is 2. The number of ether oxygens (including phenoxy) is 1. The first-order chi connectivity index (χ1) is 10.2. The average Bonchev–Trinajstić information content (AvgIpc) is 2.52. The van der Waals surface area contributed by atoms with Crippen molar-refractivity contribution in [3.05, 3.63) is 77.9 Å². The van der Waals surface area contributed by atoms with Crippen molar-refractivity contribution in [2.45, 2.75) is 13.0 Å². The molecule has 3 aromatic rings. The molecule has 1 unspecified atom stereocenters. The highest BCUT2D eigenvalue weighted by molar-refractivity contribution is 5.85. The Morgan fingerprint density at radius 2 is 1.71 bits per heavy atom. The van der Waals surface area contributed by atoms with Gasteiger partial charge in [-0.25, -0.2) is 0 Å². The summed E-state index contributed by atoms with van der Waals surface area (Å²) >= 11 is 0. The maximum absolute atomic E-state index is 10.4. The molecule has 0 saturated heterocycles. The number of benzene rings is 3. The van der Waals surface area contributed by atoms with Gasteiger partial charge in [0.25, 0.3) is 0 Å². The molecule has 1 atom stereocenters. The maximum Gasteiger partial charge on any atom is 0.119 e. The van der Waals surface area contributed by atoms with Gasteiger partial charge in [-0.2, -0.15) is 0 Å². The number of fused-ring (bicyclic) bond motifs is 1. The van der Waals surface area contributed by atoms with Crippen LogP contribution in [0.1, 0.15) is 17.2 Å². The van der Waals surface area contributed by atoms with Crippen LogP contribution in [0.2, 0.25) is 0 Å². The summed E-state index contributed by atoms with van der Waals surface area (Å²) in [6, 6.07) is 21.9. The molecule has 2 nitrogen and oxygen atoms in total. The third-order valence-corrected chi connectivity index (χ3v) is 3.58. The maximum atomic E-state index is 10.4. The summed E-state index contributed by atoms with van der Waals surface area (Å²) in [5.41, 5.74) is 2.05. The molecule has 3 aromatic carbocycles. The van der Waals surface area contributed by atoms with Crippen LogP contribution in [0.25, 0.3) is 10.8 Å². The second-order valence-electron chi connectivity index (χ2n) is 5.21. The fourth-order valence-electron chi connectivity index (χ4n) is 2.51. The first-order valence-corrected chi connectivity index (χ1v) is 7.09. The van der Waals surface area contributed by atoms with Crippen LogP contribution in [0.5, 0.6) is 5.75 Å². The van der Waals surface area contributed by atoms with E-state index in [1.165, 1.54) is 0 Å². The summed E-state index contributed by atoms with van der Waals surface area (Å²) in [5.74, 6) is 0.786. The number of aryl methyl sites for hydroxylation is 1. The lowest BCUT2D eigenvalue weighted by Gasteiger charge is -2.15. The average molecular weight is 278 g/mol. The second kappa shape index (κ2) is 5.98. The van der Waals surface area contributed by atoms with E-state index < -0.39 is 6.10 Å². The fourth-order valence-corrected chi connectivity index (χ4v) is 2.51. The van der Waals surface area contributed by atoms with Gasteiger partial charge in [0, 0.05) is 0 Å². The molecule has 0 aromatic heterocycles. The molecule has 106 valence electrons. The lowest BCUT2D eigenvalue weighted by atomic mass is 10.0. The molecular formula is C19H18O2. The summed E-state index contributed by atoms with van der Waals surface area (Å²) in [6.45, 7) is 2.27. The van der Waals surface area contributed by atoms with Crippen molar-refractivity contribution in [2.24, 2.45) is 0 Å². The molecule has 0 spiro atoms. The van der Waals surface area contributed by atoms with Crippen molar-refractivity contribution < 1.29 is 9.84 Å². The topological polar surface area (TPSA) is 29.5 Å². The van der Waals surface area contributed by atoms with Crippen LogP contribution in [0, 0.1) is 6.92 Å². The highest BCUT2D eigenvalue weighted by Gasteiger charge is 2.11. The highest BCUT2D eigenvalue weighted by atomic mass is 16.5. The van der Waals surface area contributed by atoms with Crippen LogP contribution in [0.15, 0.2) is 66.7 Å². The van der Waals surface area contributed by atoms with Crippen LogP contribution in [-0.2, 0) is 0 Å². The van der Waals surface area contributed by atoms with Crippen LogP contribution >= 0.6 is 0 Å². The van der Waals surface area contributed by atoms with Gasteiger partial charge in [0.1, 0.15) is 18.5 Å². The van der Waals surface area contributed by atoms with Gasteiger partial charge >= 0.3 is 0 Å². The molecule has 2 heteroatoms. The number of rotatable bonds is 4. The minimum absolute atomic E-state index is 0.247. The quantitative estimate of drug-likeness (QED) is 0.772. The Balaban J connectivity index is 1.79. The van der Waals surface area contributed by atoms with E-state index in [-0.39, 0.29) is 6.61 Å². The summed E-state index contributed by atoms with van der Waals surface area (Å²) < 4.78 is 5.70. The standard InChI is InChI=1S/C19H18O2/c1-14-6-4-9-16(12-14)21-13-19(20)18-11-5-8-15-7-2-3-10-17(15)18/h2-12,19-20H,13H2,1H3. The molecule has 0 radical (unpaired) electrons. The van der Waals surface area contributed by atoms with Crippen molar-refractivity contribution in [2.75, 3.05) is 6.61 Å². The molecule has 0 fully saturated rings. The molecular weight excluding hydrogens is 260 g/mol. The number of aliphatic hydroxyl groups excluding tert-OH is 1. The fraction of sp³-hybridized carbons (Fsp3) is 0.158. The highest BCUT2D eigenvalue weighted by Crippen LogP contribution is 2.25. The third-order valence-electron chi connectivity index (χ3n) is 3.58. The van der Waals surface area contributed by atoms with Gasteiger partial charge < -0.3 is 9.84 Å². The Hall–Kier alpha value is -2.32. The molecule has 0 saturated carbocycles. The van der Waals surface area contributed by atoms with Crippen LogP contribution in [0.3, 0.4) is 0 Å². The number of aliphatic hydroxyl groups is 1. The molecule has 0 aliphatic heterocycles. The van der Waals surface area contributed by atoms with Gasteiger partial charge in [0.2, 0.25) is 0 Å². The van der Waals surface area contributed by atoms with Gasteiger partial charge in [-0.1, -0.05) is 54.6 Å². The molecule has 3 rings (SSSR count). The SMILES string of the molecule is Cc1cccc(OCC(O)c2cccc3ccccc23)c1. The van der Waals surface area contributed by atoms with Crippen molar-refractivity contribution in [3.8, 4) is 5.75 Å². The molecule has 0 aliphatic rings. The number of hydrogen-bond donors (Lipinski definition) is 1. The zero-order chi connectivity index (χ0) is 14.7. The van der Waals surface area contributed by atoms with E-state index in [0.717, 1.165) is 27.6 Å². The van der Waals surface area contributed by atoms with Crippen molar-refractivity contribution in [3.63, 3.8) is 0 Å². The van der Waals surface area contributed by atoms with E-state index in [1.54, 1.807) is 0 Å². The minimum atomic E-state index is -0.642. The van der Waals surface area contributed by atoms with Gasteiger partial charge in [0.05, 0.1) is 0 Å². The third kappa shape index (κ3) is 3.06. The normalized spacial score (nSPS) is 12.3. The van der Waals surface area contributed by atoms with Crippen molar-refractivity contribution in [1.29, 1.82) is 0 Å². The first kappa shape index (κ1) is 13.7. The van der Waals surface area contributed by atoms with E-state index in [0.29, 0.717) is 0 Å². The Kier molecular flexibility index (Phi) is 3.89. The zero-order valence-corrected chi connectivity index (χ0v) is 12.0. The molecule has 0 amide bonds. The first-order valence-electron chi connectivity index (χ1n) is 7.09. The van der Waals surface area contributed by atoms with Crippen LogP contribution in [0.4, 0.5) is 0 Å². The smallest absolute Gasteiger partial charge is 0.119 e. The summed E-state index contributed by atoms with van der Waals surface area (Å²) in [5, 5.41) is 12.6. The molecule has 21 heavy (non-hydrogen) atoms. The van der Waals surface area contributed by atoms with Gasteiger partial charge in [-0.15, -0.1) is 0 Å². The Labute approximate surface area is 124 Å². The van der Waals surface area contributed by atoms with Crippen LogP contribution in [-0.4, -0.2) is 11.7 Å². The largest absolute Gasteiger partial charge is 0.491 e. The van der Waals surface area contributed by atoms with Crippen molar-refractivity contribution >= 4 is 10.8 Å². The monoisotopic (exact) mass is 278 g/mol. The second-order valence-corrected chi connectivity index (χ2v) is 5.21. The van der Waals surface area contributed by atoms with Gasteiger partial charge in [-0.05, 0) is 41.0 Å².